The van der Waals surface area contributed by atoms with Crippen LogP contribution < -0.4 is 0 Å². The molecule has 0 saturated heterocycles. The Kier molecular flexibility index (Phi) is 6.78. The van der Waals surface area contributed by atoms with Crippen LogP contribution in [0.1, 0.15) is 45.4 Å². The van der Waals surface area contributed by atoms with Crippen molar-refractivity contribution in [1.82, 2.24) is 14.8 Å². The molecule has 0 unspecified atom stereocenters. The zero-order valence-electron chi connectivity index (χ0n) is 11.1. The van der Waals surface area contributed by atoms with Gasteiger partial charge in [0.15, 0.2) is 5.16 Å². The Hall–Kier alpha value is -1.04. The van der Waals surface area contributed by atoms with Crippen molar-refractivity contribution in [3.05, 3.63) is 5.82 Å². The van der Waals surface area contributed by atoms with Gasteiger partial charge in [-0.15, -0.1) is 10.2 Å². The predicted molar refractivity (Wildman–Crippen MR) is 71.9 cm³/mol. The lowest BCUT2D eigenvalue weighted by Gasteiger charge is -2.08. The number of rotatable bonds is 9. The smallest absolute Gasteiger partial charge is 0.313 e. The second-order valence-electron chi connectivity index (χ2n) is 4.15. The Morgan fingerprint density at radius 1 is 1.28 bits per heavy atom. The first-order chi connectivity index (χ1) is 8.69. The van der Waals surface area contributed by atoms with Crippen LogP contribution in [-0.2, 0) is 17.8 Å². The molecule has 0 amide bonds. The molecule has 0 aliphatic carbocycles. The van der Waals surface area contributed by atoms with Crippen molar-refractivity contribution < 1.29 is 9.90 Å². The van der Waals surface area contributed by atoms with Gasteiger partial charge in [0.05, 0.1) is 5.75 Å². The number of nitrogens with zero attached hydrogens (tertiary/aromatic N) is 3. The molecule has 1 aromatic heterocycles. The molecule has 5 nitrogen and oxygen atoms in total. The Morgan fingerprint density at radius 3 is 2.67 bits per heavy atom. The number of aryl methyl sites for hydroxylation is 1. The Balaban J connectivity index is 2.60. The fourth-order valence-corrected chi connectivity index (χ4v) is 2.44. The summed E-state index contributed by atoms with van der Waals surface area (Å²) < 4.78 is 2.06. The minimum Gasteiger partial charge on any atom is -0.481 e. The minimum absolute atomic E-state index is 0.0385. The summed E-state index contributed by atoms with van der Waals surface area (Å²) in [5, 5.41) is 17.6. The molecular formula is C12H21N3O2S. The molecule has 1 heterocycles. The zero-order chi connectivity index (χ0) is 13.4. The molecule has 6 heteroatoms. The standard InChI is InChI=1S/C12H21N3O2S/c1-3-5-6-7-8-15-10(4-2)13-14-12(15)18-9-11(16)17/h3-9H2,1-2H3,(H,16,17). The van der Waals surface area contributed by atoms with Crippen molar-refractivity contribution in [3.63, 3.8) is 0 Å². The second-order valence-corrected chi connectivity index (χ2v) is 5.09. The molecule has 0 aliphatic rings. The van der Waals surface area contributed by atoms with Gasteiger partial charge in [0, 0.05) is 13.0 Å². The highest BCUT2D eigenvalue weighted by molar-refractivity contribution is 7.99. The van der Waals surface area contributed by atoms with E-state index < -0.39 is 5.97 Å². The molecule has 0 aliphatic heterocycles. The highest BCUT2D eigenvalue weighted by Crippen LogP contribution is 2.18. The summed E-state index contributed by atoms with van der Waals surface area (Å²) in [5.74, 6) is 0.162. The van der Waals surface area contributed by atoms with Crippen LogP contribution in [-0.4, -0.2) is 31.6 Å². The molecule has 1 aromatic rings. The van der Waals surface area contributed by atoms with Crippen molar-refractivity contribution in [3.8, 4) is 0 Å². The van der Waals surface area contributed by atoms with Gasteiger partial charge < -0.3 is 9.67 Å². The van der Waals surface area contributed by atoms with E-state index in [9.17, 15) is 4.79 Å². The number of aromatic nitrogens is 3. The number of thioether (sulfide) groups is 1. The van der Waals surface area contributed by atoms with Crippen molar-refractivity contribution in [2.24, 2.45) is 0 Å². The summed E-state index contributed by atoms with van der Waals surface area (Å²) in [6, 6.07) is 0. The third-order valence-electron chi connectivity index (χ3n) is 2.67. The van der Waals surface area contributed by atoms with Gasteiger partial charge >= 0.3 is 5.97 Å². The zero-order valence-corrected chi connectivity index (χ0v) is 11.9. The van der Waals surface area contributed by atoms with Gasteiger partial charge in [0.2, 0.25) is 0 Å². The van der Waals surface area contributed by atoms with E-state index in [0.29, 0.717) is 0 Å². The van der Waals surface area contributed by atoms with Gasteiger partial charge in [-0.1, -0.05) is 44.9 Å². The Labute approximate surface area is 112 Å². The highest BCUT2D eigenvalue weighted by atomic mass is 32.2. The summed E-state index contributed by atoms with van der Waals surface area (Å²) in [5.41, 5.74) is 0. The lowest BCUT2D eigenvalue weighted by molar-refractivity contribution is -0.133. The molecule has 0 fully saturated rings. The van der Waals surface area contributed by atoms with Gasteiger partial charge in [0.25, 0.3) is 0 Å². The topological polar surface area (TPSA) is 68.0 Å². The summed E-state index contributed by atoms with van der Waals surface area (Å²) in [7, 11) is 0. The lowest BCUT2D eigenvalue weighted by atomic mass is 10.2. The maximum absolute atomic E-state index is 10.6. The molecule has 0 aromatic carbocycles. The van der Waals surface area contributed by atoms with Crippen LogP contribution in [0.5, 0.6) is 0 Å². The molecule has 0 spiro atoms. The number of carbonyl (C=O) groups is 1. The van der Waals surface area contributed by atoms with Gasteiger partial charge in [-0.3, -0.25) is 4.79 Å². The van der Waals surface area contributed by atoms with Gasteiger partial charge in [-0.25, -0.2) is 0 Å². The predicted octanol–water partition coefficient (Wildman–Crippen LogP) is 2.60. The third kappa shape index (κ3) is 4.68. The number of carboxylic acid groups (broad SMARTS) is 1. The largest absolute Gasteiger partial charge is 0.481 e. The molecule has 0 bridgehead atoms. The number of hydrogen-bond acceptors (Lipinski definition) is 4. The first-order valence-corrected chi connectivity index (χ1v) is 7.44. The molecule has 1 rings (SSSR count). The average Bonchev–Trinajstić information content (AvgIpc) is 2.74. The fraction of sp³-hybridized carbons (Fsp3) is 0.750. The molecule has 18 heavy (non-hydrogen) atoms. The van der Waals surface area contributed by atoms with Crippen molar-refractivity contribution in [1.29, 1.82) is 0 Å². The monoisotopic (exact) mass is 271 g/mol. The van der Waals surface area contributed by atoms with Crippen molar-refractivity contribution in [2.45, 2.75) is 57.7 Å². The van der Waals surface area contributed by atoms with E-state index >= 15 is 0 Å². The number of aliphatic carboxylic acids is 1. The Morgan fingerprint density at radius 2 is 2.06 bits per heavy atom. The van der Waals surface area contributed by atoms with Crippen molar-refractivity contribution >= 4 is 17.7 Å². The van der Waals surface area contributed by atoms with Gasteiger partial charge in [-0.2, -0.15) is 0 Å². The maximum Gasteiger partial charge on any atom is 0.313 e. The number of unbranched alkanes of at least 4 members (excludes halogenated alkanes) is 3. The third-order valence-corrected chi connectivity index (χ3v) is 3.62. The van der Waals surface area contributed by atoms with Crippen LogP contribution in [0.4, 0.5) is 0 Å². The summed E-state index contributed by atoms with van der Waals surface area (Å²) >= 11 is 1.24. The molecule has 1 N–H and O–H groups in total. The van der Waals surface area contributed by atoms with Gasteiger partial charge in [0.1, 0.15) is 5.82 Å². The minimum atomic E-state index is -0.821. The normalized spacial score (nSPS) is 10.8. The Bertz CT molecular complexity index is 379. The molecule has 0 saturated carbocycles. The highest BCUT2D eigenvalue weighted by Gasteiger charge is 2.12. The molecule has 102 valence electrons. The summed E-state index contributed by atoms with van der Waals surface area (Å²) in [6.07, 6.45) is 5.57. The second kappa shape index (κ2) is 8.13. The lowest BCUT2D eigenvalue weighted by Crippen LogP contribution is -2.06. The van der Waals surface area contributed by atoms with Gasteiger partial charge in [-0.05, 0) is 6.42 Å². The fourth-order valence-electron chi connectivity index (χ4n) is 1.73. The number of carboxylic acids is 1. The van der Waals surface area contributed by atoms with Crippen LogP contribution in [0.15, 0.2) is 5.16 Å². The van der Waals surface area contributed by atoms with Crippen molar-refractivity contribution in [2.75, 3.05) is 5.75 Å². The van der Waals surface area contributed by atoms with E-state index in [1.807, 2.05) is 6.92 Å². The van der Waals surface area contributed by atoms with E-state index in [1.165, 1.54) is 31.0 Å². The summed E-state index contributed by atoms with van der Waals surface area (Å²) in [4.78, 5) is 10.6. The SMILES string of the molecule is CCCCCCn1c(CC)nnc1SCC(=O)O. The van der Waals surface area contributed by atoms with E-state index in [4.69, 9.17) is 5.11 Å². The van der Waals surface area contributed by atoms with Crippen LogP contribution in [0.25, 0.3) is 0 Å². The van der Waals surface area contributed by atoms with Crippen LogP contribution in [0.2, 0.25) is 0 Å². The van der Waals surface area contributed by atoms with E-state index in [0.717, 1.165) is 30.4 Å². The molecular weight excluding hydrogens is 250 g/mol. The summed E-state index contributed by atoms with van der Waals surface area (Å²) in [6.45, 7) is 5.11. The first kappa shape index (κ1) is 15.0. The van der Waals surface area contributed by atoms with Crippen LogP contribution in [0.3, 0.4) is 0 Å². The first-order valence-electron chi connectivity index (χ1n) is 6.45. The average molecular weight is 271 g/mol. The van der Waals surface area contributed by atoms with E-state index in [1.54, 1.807) is 0 Å². The van der Waals surface area contributed by atoms with Crippen LogP contribution >= 0.6 is 11.8 Å². The molecule has 0 radical (unpaired) electrons. The maximum atomic E-state index is 10.6. The van der Waals surface area contributed by atoms with E-state index in [2.05, 4.69) is 21.7 Å². The quantitative estimate of drug-likeness (QED) is 0.552. The molecule has 0 atom stereocenters. The van der Waals surface area contributed by atoms with E-state index in [-0.39, 0.29) is 5.75 Å². The van der Waals surface area contributed by atoms with Crippen LogP contribution in [0, 0.1) is 0 Å². The number of hydrogen-bond donors (Lipinski definition) is 1.